The fraction of sp³-hybridized carbons (Fsp3) is 0.219. The van der Waals surface area contributed by atoms with Crippen molar-refractivity contribution in [1.82, 2.24) is 19.5 Å². The molecule has 0 spiro atoms. The molecule has 43 heavy (non-hydrogen) atoms. The number of ether oxygens (including phenoxy) is 3. The van der Waals surface area contributed by atoms with Crippen molar-refractivity contribution in [1.29, 1.82) is 0 Å². The Morgan fingerprint density at radius 3 is 2.09 bits per heavy atom. The van der Waals surface area contributed by atoms with Gasteiger partial charge in [-0.3, -0.25) is 4.57 Å². The van der Waals surface area contributed by atoms with Crippen LogP contribution in [0.4, 0.5) is 5.82 Å². The summed E-state index contributed by atoms with van der Waals surface area (Å²) in [6.07, 6.45) is -1.17. The van der Waals surface area contributed by atoms with Gasteiger partial charge in [0, 0.05) is 0 Å². The molecule has 4 atom stereocenters. The molecular formula is C32H31N5O6. The summed E-state index contributed by atoms with van der Waals surface area (Å²) in [4.78, 5) is 13.6. The standard InChI is InChI=1S/C32H31N5O6/c1-41-17-24(38)28-26(39)27(40)31(43-28)37-19-35-25-29(33-18-34-30(25)37)36-32(20-9-5-3-6-10-20,21-11-7-4-8-12-21)22-13-15-23(42-2)16-14-22/h3-19,26-28,31,38-40H,1-2H3,(H,33,34,36)/t26-,27+,28+,31+/m0/s1. The molecule has 1 aliphatic rings. The molecule has 0 radical (unpaired) electrons. The lowest BCUT2D eigenvalue weighted by atomic mass is 9.77. The van der Waals surface area contributed by atoms with Crippen LogP contribution in [0.3, 0.4) is 0 Å². The largest absolute Gasteiger partial charge is 0.506 e. The highest BCUT2D eigenvalue weighted by Gasteiger charge is 2.46. The molecule has 3 aromatic carbocycles. The normalized spacial score (nSPS) is 20.7. The first kappa shape index (κ1) is 28.2. The number of aliphatic hydroxyl groups is 3. The van der Waals surface area contributed by atoms with E-state index in [0.29, 0.717) is 17.0 Å². The molecule has 1 aliphatic heterocycles. The van der Waals surface area contributed by atoms with Gasteiger partial charge in [-0.25, -0.2) is 15.0 Å². The SMILES string of the molecule is COC=C(O)[C@H]1O[C@@H](n2cnc3c(NC(c4ccccc4)(c4ccccc4)c4ccc(OC)cc4)ncnc32)[C@H](O)[C@@H]1O. The molecule has 1 fully saturated rings. The highest BCUT2D eigenvalue weighted by Crippen LogP contribution is 2.42. The van der Waals surface area contributed by atoms with Gasteiger partial charge in [0.2, 0.25) is 0 Å². The van der Waals surface area contributed by atoms with E-state index in [1.807, 2.05) is 84.9 Å². The molecule has 0 bridgehead atoms. The monoisotopic (exact) mass is 581 g/mol. The summed E-state index contributed by atoms with van der Waals surface area (Å²) >= 11 is 0. The van der Waals surface area contributed by atoms with Gasteiger partial charge in [0.1, 0.15) is 42.2 Å². The second-order valence-corrected chi connectivity index (χ2v) is 10.1. The van der Waals surface area contributed by atoms with E-state index in [1.165, 1.54) is 24.3 Å². The summed E-state index contributed by atoms with van der Waals surface area (Å²) in [6.45, 7) is 0. The maximum atomic E-state index is 10.8. The molecule has 2 aromatic heterocycles. The smallest absolute Gasteiger partial charge is 0.167 e. The third kappa shape index (κ3) is 4.93. The number of nitrogens with zero attached hydrogens (tertiary/aromatic N) is 4. The van der Waals surface area contributed by atoms with Crippen molar-refractivity contribution in [2.24, 2.45) is 0 Å². The van der Waals surface area contributed by atoms with E-state index in [9.17, 15) is 15.3 Å². The summed E-state index contributed by atoms with van der Waals surface area (Å²) < 4.78 is 17.6. The van der Waals surface area contributed by atoms with Crippen LogP contribution in [0.5, 0.6) is 5.75 Å². The third-order valence-electron chi connectivity index (χ3n) is 7.64. The predicted octanol–water partition coefficient (Wildman–Crippen LogP) is 3.90. The number of rotatable bonds is 9. The van der Waals surface area contributed by atoms with E-state index in [4.69, 9.17) is 14.2 Å². The Bertz CT molecular complexity index is 1670. The number of methoxy groups -OCH3 is 2. The highest BCUT2D eigenvalue weighted by atomic mass is 16.6. The van der Waals surface area contributed by atoms with Gasteiger partial charge < -0.3 is 34.8 Å². The fourth-order valence-electron chi connectivity index (χ4n) is 5.56. The number of hydrogen-bond donors (Lipinski definition) is 4. The third-order valence-corrected chi connectivity index (χ3v) is 7.64. The Hall–Kier alpha value is -4.97. The highest BCUT2D eigenvalue weighted by molar-refractivity contribution is 5.84. The predicted molar refractivity (Wildman–Crippen MR) is 158 cm³/mol. The van der Waals surface area contributed by atoms with Gasteiger partial charge in [0.15, 0.2) is 29.0 Å². The lowest BCUT2D eigenvalue weighted by molar-refractivity contribution is -0.0352. The maximum absolute atomic E-state index is 10.8. The average molecular weight is 582 g/mol. The zero-order valence-electron chi connectivity index (χ0n) is 23.5. The van der Waals surface area contributed by atoms with Gasteiger partial charge in [-0.1, -0.05) is 72.8 Å². The Labute approximate surface area is 247 Å². The summed E-state index contributed by atoms with van der Waals surface area (Å²) in [7, 11) is 2.99. The van der Waals surface area contributed by atoms with E-state index in [0.717, 1.165) is 28.7 Å². The topological polar surface area (TPSA) is 144 Å². The molecule has 3 heterocycles. The molecule has 0 amide bonds. The number of nitrogens with one attached hydrogen (secondary N) is 1. The molecule has 220 valence electrons. The molecule has 11 heteroatoms. The van der Waals surface area contributed by atoms with Crippen LogP contribution in [0.2, 0.25) is 0 Å². The van der Waals surface area contributed by atoms with Crippen molar-refractivity contribution in [2.45, 2.75) is 30.1 Å². The number of fused-ring (bicyclic) bond motifs is 1. The molecule has 0 unspecified atom stereocenters. The van der Waals surface area contributed by atoms with Crippen LogP contribution in [-0.4, -0.2) is 67.4 Å². The fourth-order valence-corrected chi connectivity index (χ4v) is 5.56. The minimum Gasteiger partial charge on any atom is -0.506 e. The van der Waals surface area contributed by atoms with Gasteiger partial charge in [-0.2, -0.15) is 0 Å². The van der Waals surface area contributed by atoms with Crippen molar-refractivity contribution in [3.05, 3.63) is 126 Å². The zero-order chi connectivity index (χ0) is 30.0. The summed E-state index contributed by atoms with van der Waals surface area (Å²) in [5, 5.41) is 35.4. The van der Waals surface area contributed by atoms with Crippen LogP contribution in [0.25, 0.3) is 11.2 Å². The van der Waals surface area contributed by atoms with Gasteiger partial charge in [-0.05, 0) is 28.8 Å². The summed E-state index contributed by atoms with van der Waals surface area (Å²) in [5.41, 5.74) is 2.70. The van der Waals surface area contributed by atoms with Crippen molar-refractivity contribution in [3.8, 4) is 5.75 Å². The number of aliphatic hydroxyl groups excluding tert-OH is 3. The van der Waals surface area contributed by atoms with E-state index < -0.39 is 30.1 Å². The second-order valence-electron chi connectivity index (χ2n) is 10.1. The minimum atomic E-state index is -1.41. The van der Waals surface area contributed by atoms with Crippen molar-refractivity contribution < 1.29 is 29.5 Å². The molecule has 1 saturated heterocycles. The van der Waals surface area contributed by atoms with Crippen molar-refractivity contribution in [2.75, 3.05) is 19.5 Å². The first-order valence-corrected chi connectivity index (χ1v) is 13.6. The van der Waals surface area contributed by atoms with E-state index in [2.05, 4.69) is 20.3 Å². The van der Waals surface area contributed by atoms with E-state index in [-0.39, 0.29) is 5.76 Å². The van der Waals surface area contributed by atoms with Crippen molar-refractivity contribution in [3.63, 3.8) is 0 Å². The first-order valence-electron chi connectivity index (χ1n) is 13.6. The Morgan fingerprint density at radius 1 is 0.860 bits per heavy atom. The van der Waals surface area contributed by atoms with Crippen LogP contribution in [0.1, 0.15) is 22.9 Å². The molecular weight excluding hydrogens is 550 g/mol. The quantitative estimate of drug-likeness (QED) is 0.149. The molecule has 4 N–H and O–H groups in total. The number of imidazole rings is 1. The Balaban J connectivity index is 1.49. The van der Waals surface area contributed by atoms with Gasteiger partial charge in [0.25, 0.3) is 0 Å². The van der Waals surface area contributed by atoms with Crippen LogP contribution in [-0.2, 0) is 15.0 Å². The van der Waals surface area contributed by atoms with Gasteiger partial charge >= 0.3 is 0 Å². The molecule has 5 aromatic rings. The van der Waals surface area contributed by atoms with Crippen LogP contribution >= 0.6 is 0 Å². The molecule has 0 aliphatic carbocycles. The van der Waals surface area contributed by atoms with E-state index >= 15 is 0 Å². The number of hydrogen-bond acceptors (Lipinski definition) is 10. The summed E-state index contributed by atoms with van der Waals surface area (Å²) in [5.74, 6) is 0.802. The van der Waals surface area contributed by atoms with Crippen LogP contribution in [0, 0.1) is 0 Å². The van der Waals surface area contributed by atoms with Crippen LogP contribution in [0.15, 0.2) is 110 Å². The zero-order valence-corrected chi connectivity index (χ0v) is 23.5. The Morgan fingerprint density at radius 2 is 1.49 bits per heavy atom. The molecule has 0 saturated carbocycles. The molecule has 6 rings (SSSR count). The first-order chi connectivity index (χ1) is 21.0. The van der Waals surface area contributed by atoms with Gasteiger partial charge in [0.05, 0.1) is 20.5 Å². The number of aromatic nitrogens is 4. The minimum absolute atomic E-state index is 0.354. The van der Waals surface area contributed by atoms with Gasteiger partial charge in [-0.15, -0.1) is 0 Å². The maximum Gasteiger partial charge on any atom is 0.167 e. The number of anilines is 1. The van der Waals surface area contributed by atoms with Crippen LogP contribution < -0.4 is 10.1 Å². The Kier molecular flexibility index (Phi) is 7.68. The lowest BCUT2D eigenvalue weighted by Crippen LogP contribution is -2.38. The van der Waals surface area contributed by atoms with E-state index in [1.54, 1.807) is 7.11 Å². The number of benzene rings is 3. The van der Waals surface area contributed by atoms with Crippen molar-refractivity contribution >= 4 is 17.0 Å². The lowest BCUT2D eigenvalue weighted by Gasteiger charge is -2.37. The molecule has 11 nitrogen and oxygen atoms in total. The summed E-state index contributed by atoms with van der Waals surface area (Å²) in [6, 6.07) is 27.9. The second kappa shape index (κ2) is 11.7. The average Bonchev–Trinajstić information content (AvgIpc) is 3.61.